The zero-order valence-electron chi connectivity index (χ0n) is 9.33. The molecule has 0 bridgehead atoms. The van der Waals surface area contributed by atoms with Gasteiger partial charge in [0.25, 0.3) is 0 Å². The van der Waals surface area contributed by atoms with Crippen molar-refractivity contribution in [2.24, 2.45) is 0 Å². The Balaban J connectivity index is 2.41. The van der Waals surface area contributed by atoms with Gasteiger partial charge in [-0.2, -0.15) is 0 Å². The van der Waals surface area contributed by atoms with E-state index in [1.54, 1.807) is 20.3 Å². The maximum atomic E-state index is 5.94. The molecule has 2 heterocycles. The van der Waals surface area contributed by atoms with Gasteiger partial charge in [0.05, 0.1) is 19.4 Å². The lowest BCUT2D eigenvalue weighted by Gasteiger charge is -2.25. The minimum absolute atomic E-state index is 0.401. The van der Waals surface area contributed by atoms with E-state index in [0.717, 1.165) is 12.1 Å². The molecule has 0 N–H and O–H groups in total. The van der Waals surface area contributed by atoms with Crippen LogP contribution in [-0.2, 0) is 15.1 Å². The third-order valence-corrected chi connectivity index (χ3v) is 3.04. The van der Waals surface area contributed by atoms with Crippen LogP contribution in [0.15, 0.2) is 12.1 Å². The van der Waals surface area contributed by atoms with Gasteiger partial charge < -0.3 is 14.2 Å². The highest BCUT2D eigenvalue weighted by atomic mass is 35.5. The van der Waals surface area contributed by atoms with Crippen molar-refractivity contribution in [2.45, 2.75) is 12.0 Å². The van der Waals surface area contributed by atoms with Crippen molar-refractivity contribution in [3.8, 4) is 5.75 Å². The molecule has 0 saturated carbocycles. The van der Waals surface area contributed by atoms with Crippen LogP contribution in [0.4, 0.5) is 0 Å². The Morgan fingerprint density at radius 3 is 2.81 bits per heavy atom. The minimum atomic E-state index is -0.488. The maximum Gasteiger partial charge on any atom is 0.135 e. The topological polar surface area (TPSA) is 40.6 Å². The van der Waals surface area contributed by atoms with Crippen LogP contribution in [0.3, 0.4) is 0 Å². The summed E-state index contributed by atoms with van der Waals surface area (Å²) < 4.78 is 16.1. The van der Waals surface area contributed by atoms with Crippen LogP contribution in [0.1, 0.15) is 12.1 Å². The van der Waals surface area contributed by atoms with Crippen molar-refractivity contribution in [1.82, 2.24) is 4.98 Å². The molecule has 0 aliphatic carbocycles. The number of hydrogen-bond acceptors (Lipinski definition) is 4. The van der Waals surface area contributed by atoms with E-state index in [1.807, 2.05) is 6.07 Å². The fourth-order valence-corrected chi connectivity index (χ4v) is 2.04. The summed E-state index contributed by atoms with van der Waals surface area (Å²) in [6, 6.07) is 3.51. The van der Waals surface area contributed by atoms with Gasteiger partial charge >= 0.3 is 0 Å². The SMILES string of the molecule is COc1cc(Cl)nc([C@@]2(OC)CCOC2)c1. The van der Waals surface area contributed by atoms with Crippen LogP contribution in [0.25, 0.3) is 0 Å². The number of halogens is 1. The predicted molar refractivity (Wildman–Crippen MR) is 59.9 cm³/mol. The summed E-state index contributed by atoms with van der Waals surface area (Å²) in [5, 5.41) is 0.401. The summed E-state index contributed by atoms with van der Waals surface area (Å²) in [6.07, 6.45) is 0.778. The molecule has 0 radical (unpaired) electrons. The molecule has 2 rings (SSSR count). The highest BCUT2D eigenvalue weighted by Crippen LogP contribution is 2.35. The first-order valence-electron chi connectivity index (χ1n) is 5.05. The highest BCUT2D eigenvalue weighted by molar-refractivity contribution is 6.29. The first-order valence-corrected chi connectivity index (χ1v) is 5.43. The smallest absolute Gasteiger partial charge is 0.135 e. The molecule has 1 saturated heterocycles. The molecule has 1 aliphatic heterocycles. The van der Waals surface area contributed by atoms with Crippen LogP contribution in [0.5, 0.6) is 5.75 Å². The number of nitrogens with zero attached hydrogens (tertiary/aromatic N) is 1. The number of pyridine rings is 1. The van der Waals surface area contributed by atoms with Gasteiger partial charge in [0, 0.05) is 32.3 Å². The molecule has 0 spiro atoms. The van der Waals surface area contributed by atoms with Crippen molar-refractivity contribution < 1.29 is 14.2 Å². The van der Waals surface area contributed by atoms with Crippen molar-refractivity contribution in [1.29, 1.82) is 0 Å². The Kier molecular flexibility index (Phi) is 3.33. The second-order valence-electron chi connectivity index (χ2n) is 3.72. The second-order valence-corrected chi connectivity index (χ2v) is 4.10. The second kappa shape index (κ2) is 4.57. The number of ether oxygens (including phenoxy) is 3. The van der Waals surface area contributed by atoms with Crippen molar-refractivity contribution >= 4 is 11.6 Å². The summed E-state index contributed by atoms with van der Waals surface area (Å²) >= 11 is 5.94. The predicted octanol–water partition coefficient (Wildman–Crippen LogP) is 2.01. The fourth-order valence-electron chi connectivity index (χ4n) is 1.84. The van der Waals surface area contributed by atoms with Gasteiger partial charge in [-0.25, -0.2) is 4.98 Å². The third kappa shape index (κ3) is 2.00. The zero-order valence-corrected chi connectivity index (χ0v) is 10.1. The quantitative estimate of drug-likeness (QED) is 0.762. The van der Waals surface area contributed by atoms with Crippen LogP contribution in [0, 0.1) is 0 Å². The van der Waals surface area contributed by atoms with Gasteiger partial charge in [0.15, 0.2) is 0 Å². The van der Waals surface area contributed by atoms with Crippen LogP contribution >= 0.6 is 11.6 Å². The Labute approximate surface area is 99.5 Å². The molecule has 16 heavy (non-hydrogen) atoms. The van der Waals surface area contributed by atoms with Gasteiger partial charge in [0.1, 0.15) is 16.5 Å². The van der Waals surface area contributed by atoms with Crippen molar-refractivity contribution in [2.75, 3.05) is 27.4 Å². The molecule has 1 fully saturated rings. The maximum absolute atomic E-state index is 5.94. The molecule has 5 heteroatoms. The monoisotopic (exact) mass is 243 g/mol. The molecule has 88 valence electrons. The molecular formula is C11H14ClNO3. The summed E-state index contributed by atoms with van der Waals surface area (Å²) in [5.74, 6) is 0.679. The Morgan fingerprint density at radius 1 is 1.44 bits per heavy atom. The number of rotatable bonds is 3. The van der Waals surface area contributed by atoms with Gasteiger partial charge in [-0.15, -0.1) is 0 Å². The van der Waals surface area contributed by atoms with E-state index in [-0.39, 0.29) is 0 Å². The Morgan fingerprint density at radius 2 is 2.25 bits per heavy atom. The van der Waals surface area contributed by atoms with E-state index >= 15 is 0 Å². The fraction of sp³-hybridized carbons (Fsp3) is 0.545. The lowest BCUT2D eigenvalue weighted by Crippen LogP contribution is -2.30. The zero-order chi connectivity index (χ0) is 11.6. The summed E-state index contributed by atoms with van der Waals surface area (Å²) in [4.78, 5) is 4.29. The van der Waals surface area contributed by atoms with Gasteiger partial charge in [-0.3, -0.25) is 0 Å². The van der Waals surface area contributed by atoms with Gasteiger partial charge in [-0.05, 0) is 0 Å². The number of aromatic nitrogens is 1. The third-order valence-electron chi connectivity index (χ3n) is 2.85. The number of methoxy groups -OCH3 is 2. The van der Waals surface area contributed by atoms with Crippen LogP contribution < -0.4 is 4.74 Å². The van der Waals surface area contributed by atoms with Crippen LogP contribution in [0.2, 0.25) is 5.15 Å². The lowest BCUT2D eigenvalue weighted by atomic mass is 9.98. The average molecular weight is 244 g/mol. The minimum Gasteiger partial charge on any atom is -0.497 e. The first kappa shape index (κ1) is 11.6. The largest absolute Gasteiger partial charge is 0.497 e. The van der Waals surface area contributed by atoms with Crippen molar-refractivity contribution in [3.63, 3.8) is 0 Å². The van der Waals surface area contributed by atoms with Crippen LogP contribution in [-0.4, -0.2) is 32.4 Å². The van der Waals surface area contributed by atoms with E-state index < -0.39 is 5.60 Å². The number of hydrogen-bond donors (Lipinski definition) is 0. The molecule has 1 aliphatic rings. The molecule has 0 aromatic carbocycles. The standard InChI is InChI=1S/C11H14ClNO3/c1-14-8-5-9(13-10(12)6-8)11(15-2)3-4-16-7-11/h5-6H,3-4,7H2,1-2H3/t11-/m1/s1. The lowest BCUT2D eigenvalue weighted by molar-refractivity contribution is -0.0247. The molecule has 1 aromatic rings. The average Bonchev–Trinajstić information content (AvgIpc) is 2.78. The normalized spacial score (nSPS) is 24.7. The summed E-state index contributed by atoms with van der Waals surface area (Å²) in [5.41, 5.74) is 0.273. The molecular weight excluding hydrogens is 230 g/mol. The summed E-state index contributed by atoms with van der Waals surface area (Å²) in [7, 11) is 3.25. The van der Waals surface area contributed by atoms with E-state index in [0.29, 0.717) is 24.1 Å². The summed E-state index contributed by atoms with van der Waals surface area (Å²) in [6.45, 7) is 1.17. The van der Waals surface area contributed by atoms with E-state index in [4.69, 9.17) is 25.8 Å². The molecule has 4 nitrogen and oxygen atoms in total. The van der Waals surface area contributed by atoms with E-state index in [1.165, 1.54) is 0 Å². The molecule has 1 aromatic heterocycles. The van der Waals surface area contributed by atoms with Crippen molar-refractivity contribution in [3.05, 3.63) is 23.0 Å². The highest BCUT2D eigenvalue weighted by Gasteiger charge is 2.38. The Hall–Kier alpha value is -0.840. The molecule has 1 atom stereocenters. The van der Waals surface area contributed by atoms with E-state index in [9.17, 15) is 0 Å². The molecule has 0 unspecified atom stereocenters. The van der Waals surface area contributed by atoms with Gasteiger partial charge in [0.2, 0.25) is 0 Å². The van der Waals surface area contributed by atoms with E-state index in [2.05, 4.69) is 4.98 Å². The van der Waals surface area contributed by atoms with Gasteiger partial charge in [-0.1, -0.05) is 11.6 Å². The Bertz CT molecular complexity index is 377. The first-order chi connectivity index (χ1) is 7.70. The molecule has 0 amide bonds.